The summed E-state index contributed by atoms with van der Waals surface area (Å²) in [6.07, 6.45) is 7.06. The molecule has 6 heteroatoms. The molecule has 2 rings (SSSR count). The van der Waals surface area contributed by atoms with Gasteiger partial charge in [-0.05, 0) is 39.0 Å². The first-order valence-electron chi connectivity index (χ1n) is 8.20. The maximum atomic E-state index is 12.3. The van der Waals surface area contributed by atoms with Crippen LogP contribution < -0.4 is 5.32 Å². The Hall–Kier alpha value is -1.69. The van der Waals surface area contributed by atoms with Crippen LogP contribution in [-0.2, 0) is 11.3 Å². The van der Waals surface area contributed by atoms with Gasteiger partial charge in [0.05, 0.1) is 0 Å². The van der Waals surface area contributed by atoms with Gasteiger partial charge in [-0.3, -0.25) is 0 Å². The van der Waals surface area contributed by atoms with Crippen molar-refractivity contribution < 1.29 is 9.53 Å². The fraction of sp³-hybridized carbons (Fsp3) is 0.706. The monoisotopic (exact) mass is 320 g/mol. The van der Waals surface area contributed by atoms with Crippen LogP contribution in [0.3, 0.4) is 0 Å². The highest BCUT2D eigenvalue weighted by Crippen LogP contribution is 2.29. The van der Waals surface area contributed by atoms with Crippen molar-refractivity contribution in [2.45, 2.75) is 52.7 Å². The van der Waals surface area contributed by atoms with Crippen molar-refractivity contribution in [3.63, 3.8) is 0 Å². The molecule has 6 nitrogen and oxygen atoms in total. The van der Waals surface area contributed by atoms with Crippen molar-refractivity contribution in [2.75, 3.05) is 19.6 Å². The molecule has 128 valence electrons. The number of ether oxygens (including phenoxy) is 1. The van der Waals surface area contributed by atoms with Crippen molar-refractivity contribution in [1.82, 2.24) is 20.2 Å². The van der Waals surface area contributed by atoms with Crippen LogP contribution in [0, 0.1) is 5.41 Å². The summed E-state index contributed by atoms with van der Waals surface area (Å²) < 4.78 is 5.49. The molecule has 1 amide bonds. The zero-order valence-electron chi connectivity index (χ0n) is 14.6. The second kappa shape index (κ2) is 7.25. The molecule has 1 fully saturated rings. The van der Waals surface area contributed by atoms with Gasteiger partial charge in [-0.15, -0.1) is 0 Å². The molecule has 0 bridgehead atoms. The van der Waals surface area contributed by atoms with Crippen LogP contribution in [0.4, 0.5) is 4.79 Å². The molecule has 0 aromatic carbocycles. The number of carbonyl (C=O) groups is 1. The maximum Gasteiger partial charge on any atom is 0.410 e. The summed E-state index contributed by atoms with van der Waals surface area (Å²) in [5.41, 5.74) is 0.678. The van der Waals surface area contributed by atoms with Gasteiger partial charge in [-0.2, -0.15) is 0 Å². The zero-order chi connectivity index (χ0) is 16.9. The fourth-order valence-electron chi connectivity index (χ4n) is 2.87. The Kier molecular flexibility index (Phi) is 5.57. The molecule has 1 unspecified atom stereocenters. The lowest BCUT2D eigenvalue weighted by Gasteiger charge is -2.41. The summed E-state index contributed by atoms with van der Waals surface area (Å²) in [7, 11) is 0. The molecule has 0 saturated carbocycles. The number of aromatic nitrogens is 2. The molecule has 0 radical (unpaired) electrons. The van der Waals surface area contributed by atoms with Crippen molar-refractivity contribution in [1.29, 1.82) is 0 Å². The first-order valence-corrected chi connectivity index (χ1v) is 8.20. The summed E-state index contributed by atoms with van der Waals surface area (Å²) in [6, 6.07) is 0. The van der Waals surface area contributed by atoms with Gasteiger partial charge in [0, 0.05) is 44.1 Å². The minimum Gasteiger partial charge on any atom is -0.444 e. The third-order valence-corrected chi connectivity index (χ3v) is 3.93. The van der Waals surface area contributed by atoms with E-state index < -0.39 is 5.60 Å². The van der Waals surface area contributed by atoms with E-state index in [4.69, 9.17) is 4.74 Å². The normalized spacial score (nSPS) is 22.0. The highest BCUT2D eigenvalue weighted by molar-refractivity contribution is 5.68. The molecular weight excluding hydrogens is 292 g/mol. The Morgan fingerprint density at radius 3 is 2.74 bits per heavy atom. The van der Waals surface area contributed by atoms with Crippen LogP contribution in [0.25, 0.3) is 0 Å². The molecule has 0 aliphatic carbocycles. The van der Waals surface area contributed by atoms with E-state index in [1.165, 1.54) is 6.33 Å². The lowest BCUT2D eigenvalue weighted by Crippen LogP contribution is -2.50. The number of hydrogen-bond acceptors (Lipinski definition) is 5. The van der Waals surface area contributed by atoms with Crippen molar-refractivity contribution in [2.24, 2.45) is 5.41 Å². The molecule has 2 heterocycles. The van der Waals surface area contributed by atoms with E-state index in [0.717, 1.165) is 44.6 Å². The van der Waals surface area contributed by atoms with E-state index in [1.807, 2.05) is 38.1 Å². The largest absolute Gasteiger partial charge is 0.444 e. The van der Waals surface area contributed by atoms with Crippen molar-refractivity contribution in [3.05, 3.63) is 24.3 Å². The average molecular weight is 320 g/mol. The van der Waals surface area contributed by atoms with Crippen LogP contribution in [0.15, 0.2) is 18.7 Å². The fourth-order valence-corrected chi connectivity index (χ4v) is 2.87. The number of likely N-dealkylation sites (tertiary alicyclic amines) is 1. The first kappa shape index (κ1) is 17.7. The van der Waals surface area contributed by atoms with Crippen LogP contribution in [0.2, 0.25) is 0 Å². The highest BCUT2D eigenvalue weighted by atomic mass is 16.6. The smallest absolute Gasteiger partial charge is 0.410 e. The molecule has 1 aliphatic heterocycles. The number of piperidine rings is 1. The van der Waals surface area contributed by atoms with Crippen LogP contribution in [-0.4, -0.2) is 46.2 Å². The molecule has 1 N–H and O–H groups in total. The van der Waals surface area contributed by atoms with Gasteiger partial charge < -0.3 is 15.0 Å². The van der Waals surface area contributed by atoms with E-state index in [2.05, 4.69) is 22.2 Å². The zero-order valence-corrected chi connectivity index (χ0v) is 14.6. The predicted octanol–water partition coefficient (Wildman–Crippen LogP) is 2.60. The van der Waals surface area contributed by atoms with Gasteiger partial charge in [0.25, 0.3) is 0 Å². The topological polar surface area (TPSA) is 67.4 Å². The Morgan fingerprint density at radius 2 is 2.09 bits per heavy atom. The molecule has 23 heavy (non-hydrogen) atoms. The minimum absolute atomic E-state index is 0.0603. The van der Waals surface area contributed by atoms with E-state index in [0.29, 0.717) is 0 Å². The van der Waals surface area contributed by atoms with E-state index >= 15 is 0 Å². The Bertz CT molecular complexity index is 515. The Morgan fingerprint density at radius 1 is 1.39 bits per heavy atom. The number of hydrogen-bond donors (Lipinski definition) is 1. The number of amides is 1. The lowest BCUT2D eigenvalue weighted by atomic mass is 9.82. The number of carbonyl (C=O) groups excluding carboxylic acids is 1. The summed E-state index contributed by atoms with van der Waals surface area (Å²) in [5.74, 6) is 0. The molecule has 1 atom stereocenters. The molecule has 1 aromatic rings. The van der Waals surface area contributed by atoms with Crippen molar-refractivity contribution in [3.8, 4) is 0 Å². The van der Waals surface area contributed by atoms with Crippen LogP contribution in [0.1, 0.15) is 46.1 Å². The Balaban J connectivity index is 1.84. The summed E-state index contributed by atoms with van der Waals surface area (Å²) in [5, 5.41) is 3.46. The van der Waals surface area contributed by atoms with Gasteiger partial charge in [0.1, 0.15) is 11.9 Å². The van der Waals surface area contributed by atoms with E-state index in [9.17, 15) is 4.79 Å². The average Bonchev–Trinajstić information content (AvgIpc) is 2.46. The van der Waals surface area contributed by atoms with E-state index in [-0.39, 0.29) is 11.5 Å². The molecule has 1 saturated heterocycles. The maximum absolute atomic E-state index is 12.3. The molecule has 0 spiro atoms. The standard InChI is InChI=1S/C17H28N4O2/c1-16(2,3)23-15(22)21-7-5-6-17(4,12-21)11-18-8-14-9-19-13-20-10-14/h9-10,13,18H,5-8,11-12H2,1-4H3. The summed E-state index contributed by atoms with van der Waals surface area (Å²) in [4.78, 5) is 22.1. The van der Waals surface area contributed by atoms with Crippen LogP contribution in [0.5, 0.6) is 0 Å². The van der Waals surface area contributed by atoms with E-state index in [1.54, 1.807) is 0 Å². The minimum atomic E-state index is -0.448. The van der Waals surface area contributed by atoms with Gasteiger partial charge >= 0.3 is 6.09 Å². The number of rotatable bonds is 4. The second-order valence-electron chi connectivity index (χ2n) is 7.67. The molecular formula is C17H28N4O2. The second-order valence-corrected chi connectivity index (χ2v) is 7.67. The summed E-state index contributed by atoms with van der Waals surface area (Å²) in [6.45, 7) is 11.0. The van der Waals surface area contributed by atoms with Crippen LogP contribution >= 0.6 is 0 Å². The van der Waals surface area contributed by atoms with Gasteiger partial charge in [-0.25, -0.2) is 14.8 Å². The third kappa shape index (κ3) is 5.78. The number of nitrogens with one attached hydrogen (secondary N) is 1. The van der Waals surface area contributed by atoms with Gasteiger partial charge in [0.2, 0.25) is 0 Å². The van der Waals surface area contributed by atoms with Gasteiger partial charge in [-0.1, -0.05) is 6.92 Å². The van der Waals surface area contributed by atoms with Gasteiger partial charge in [0.15, 0.2) is 0 Å². The lowest BCUT2D eigenvalue weighted by molar-refractivity contribution is 0.00675. The summed E-state index contributed by atoms with van der Waals surface area (Å²) >= 11 is 0. The highest BCUT2D eigenvalue weighted by Gasteiger charge is 2.34. The third-order valence-electron chi connectivity index (χ3n) is 3.93. The van der Waals surface area contributed by atoms with Crippen molar-refractivity contribution >= 4 is 6.09 Å². The predicted molar refractivity (Wildman–Crippen MR) is 88.9 cm³/mol. The number of nitrogens with zero attached hydrogens (tertiary/aromatic N) is 3. The SMILES string of the molecule is CC1(CNCc2cncnc2)CCCN(C(=O)OC(C)(C)C)C1. The Labute approximate surface area is 138 Å². The first-order chi connectivity index (χ1) is 10.8. The molecule has 1 aromatic heterocycles. The molecule has 1 aliphatic rings. The quantitative estimate of drug-likeness (QED) is 0.923.